The largest absolute Gasteiger partial charge is 0.369 e. The Hall–Kier alpha value is -2.89. The van der Waals surface area contributed by atoms with Gasteiger partial charge in [0.2, 0.25) is 0 Å². The minimum Gasteiger partial charge on any atom is -0.369 e. The predicted octanol–water partition coefficient (Wildman–Crippen LogP) is 2.50. The molecule has 4 rings (SSSR count). The van der Waals surface area contributed by atoms with Crippen molar-refractivity contribution in [2.45, 2.75) is 6.92 Å². The Morgan fingerprint density at radius 2 is 2.10 bits per heavy atom. The molecule has 3 aromatic heterocycles. The van der Waals surface area contributed by atoms with Crippen molar-refractivity contribution in [2.24, 2.45) is 0 Å². The fraction of sp³-hybridized carbons (Fsp3) is 0.133. The third-order valence-corrected chi connectivity index (χ3v) is 3.40. The zero-order valence-corrected chi connectivity index (χ0v) is 11.6. The molecule has 0 fully saturated rings. The van der Waals surface area contributed by atoms with E-state index in [1.807, 2.05) is 52.6 Å². The van der Waals surface area contributed by atoms with Crippen molar-refractivity contribution in [2.75, 3.05) is 11.9 Å². The maximum Gasteiger partial charge on any atom is 0.184 e. The first-order valence-corrected chi connectivity index (χ1v) is 6.87. The number of hydrogen-bond donors (Lipinski definition) is 1. The van der Waals surface area contributed by atoms with E-state index in [0.717, 1.165) is 34.9 Å². The Morgan fingerprint density at radius 3 is 3.00 bits per heavy atom. The number of anilines is 1. The van der Waals surface area contributed by atoms with Gasteiger partial charge >= 0.3 is 0 Å². The van der Waals surface area contributed by atoms with E-state index in [4.69, 9.17) is 0 Å². The van der Waals surface area contributed by atoms with Crippen molar-refractivity contribution in [3.8, 4) is 5.82 Å². The van der Waals surface area contributed by atoms with Gasteiger partial charge in [-0.25, -0.2) is 15.0 Å². The van der Waals surface area contributed by atoms with Gasteiger partial charge in [0.05, 0.1) is 17.2 Å². The normalized spacial score (nSPS) is 11.3. The van der Waals surface area contributed by atoms with Gasteiger partial charge in [0.25, 0.3) is 0 Å². The molecule has 0 spiro atoms. The molecule has 0 saturated heterocycles. The van der Waals surface area contributed by atoms with Crippen LogP contribution in [0.2, 0.25) is 0 Å². The van der Waals surface area contributed by atoms with Gasteiger partial charge < -0.3 is 9.72 Å². The zero-order valence-electron chi connectivity index (χ0n) is 11.6. The molecule has 6 nitrogen and oxygen atoms in total. The lowest BCUT2D eigenvalue weighted by Gasteiger charge is -2.09. The Bertz CT molecular complexity index is 920. The predicted molar refractivity (Wildman–Crippen MR) is 81.8 cm³/mol. The number of nitrogens with one attached hydrogen (secondary N) is 1. The molecule has 0 bridgehead atoms. The van der Waals surface area contributed by atoms with Crippen molar-refractivity contribution < 1.29 is 0 Å². The lowest BCUT2D eigenvalue weighted by Crippen LogP contribution is -2.06. The van der Waals surface area contributed by atoms with Crippen molar-refractivity contribution in [1.29, 1.82) is 0 Å². The third kappa shape index (κ3) is 1.84. The molecule has 3 heterocycles. The maximum atomic E-state index is 4.68. The summed E-state index contributed by atoms with van der Waals surface area (Å²) < 4.78 is 3.94. The van der Waals surface area contributed by atoms with Crippen LogP contribution < -0.4 is 5.32 Å². The van der Waals surface area contributed by atoms with E-state index in [1.54, 1.807) is 12.5 Å². The van der Waals surface area contributed by atoms with Crippen LogP contribution in [0.25, 0.3) is 22.5 Å². The molecule has 0 aliphatic rings. The summed E-state index contributed by atoms with van der Waals surface area (Å²) >= 11 is 0. The van der Waals surface area contributed by atoms with E-state index in [1.165, 1.54) is 0 Å². The molecule has 21 heavy (non-hydrogen) atoms. The highest BCUT2D eigenvalue weighted by Crippen LogP contribution is 2.21. The molecule has 0 radical (unpaired) electrons. The summed E-state index contributed by atoms with van der Waals surface area (Å²) in [6.07, 6.45) is 7.42. The molecule has 0 aliphatic carbocycles. The van der Waals surface area contributed by atoms with E-state index in [0.29, 0.717) is 0 Å². The lowest BCUT2D eigenvalue weighted by atomic mass is 10.3. The maximum absolute atomic E-state index is 4.68. The highest BCUT2D eigenvalue weighted by molar-refractivity contribution is 5.78. The average Bonchev–Trinajstić information content (AvgIpc) is 3.13. The quantitative estimate of drug-likeness (QED) is 0.625. The second-order valence-corrected chi connectivity index (χ2v) is 4.74. The summed E-state index contributed by atoms with van der Waals surface area (Å²) in [6.45, 7) is 2.86. The number of imidazole rings is 2. The monoisotopic (exact) mass is 278 g/mol. The summed E-state index contributed by atoms with van der Waals surface area (Å²) in [5.41, 5.74) is 2.77. The van der Waals surface area contributed by atoms with Gasteiger partial charge in [-0.15, -0.1) is 0 Å². The smallest absolute Gasteiger partial charge is 0.184 e. The first-order chi connectivity index (χ1) is 10.4. The van der Waals surface area contributed by atoms with Crippen molar-refractivity contribution in [3.05, 3.63) is 49.2 Å². The van der Waals surface area contributed by atoms with Gasteiger partial charge in [0.15, 0.2) is 11.5 Å². The van der Waals surface area contributed by atoms with Crippen LogP contribution in [-0.2, 0) is 0 Å². The Morgan fingerprint density at radius 1 is 1.19 bits per heavy atom. The van der Waals surface area contributed by atoms with Crippen LogP contribution in [0.15, 0.2) is 49.2 Å². The summed E-state index contributed by atoms with van der Waals surface area (Å²) in [6, 6.07) is 8.00. The van der Waals surface area contributed by atoms with Crippen LogP contribution in [0.5, 0.6) is 0 Å². The van der Waals surface area contributed by atoms with Gasteiger partial charge in [0, 0.05) is 18.9 Å². The molecular weight excluding hydrogens is 264 g/mol. The molecule has 0 unspecified atom stereocenters. The highest BCUT2D eigenvalue weighted by atomic mass is 15.2. The molecule has 4 aromatic rings. The average molecular weight is 278 g/mol. The van der Waals surface area contributed by atoms with Crippen LogP contribution >= 0.6 is 0 Å². The second kappa shape index (κ2) is 4.59. The van der Waals surface area contributed by atoms with Gasteiger partial charge in [-0.2, -0.15) is 0 Å². The number of hydrogen-bond acceptors (Lipinski definition) is 4. The van der Waals surface area contributed by atoms with Crippen molar-refractivity contribution in [3.63, 3.8) is 0 Å². The highest BCUT2D eigenvalue weighted by Gasteiger charge is 2.12. The van der Waals surface area contributed by atoms with Gasteiger partial charge in [-0.1, -0.05) is 12.1 Å². The molecule has 0 aliphatic heterocycles. The Balaban J connectivity index is 2.02. The topological polar surface area (TPSA) is 60.0 Å². The first-order valence-electron chi connectivity index (χ1n) is 6.87. The molecule has 1 aromatic carbocycles. The molecule has 0 atom stereocenters. The summed E-state index contributed by atoms with van der Waals surface area (Å²) in [7, 11) is 0. The Labute approximate surface area is 121 Å². The van der Waals surface area contributed by atoms with Crippen LogP contribution in [0.1, 0.15) is 6.92 Å². The minimum atomic E-state index is 0.771. The zero-order chi connectivity index (χ0) is 14.2. The Kier molecular flexibility index (Phi) is 2.60. The van der Waals surface area contributed by atoms with Crippen LogP contribution in [0.4, 0.5) is 5.82 Å². The van der Waals surface area contributed by atoms with Crippen LogP contribution in [0, 0.1) is 0 Å². The van der Waals surface area contributed by atoms with E-state index >= 15 is 0 Å². The SMILES string of the molecule is CCNc1cn2ccnc2c(-n2cnc3ccccc32)n1. The van der Waals surface area contributed by atoms with Gasteiger partial charge in [0.1, 0.15) is 12.1 Å². The summed E-state index contributed by atoms with van der Waals surface area (Å²) in [4.78, 5) is 13.5. The number of benzene rings is 1. The third-order valence-electron chi connectivity index (χ3n) is 3.40. The first kappa shape index (κ1) is 11.9. The lowest BCUT2D eigenvalue weighted by molar-refractivity contribution is 0.984. The summed E-state index contributed by atoms with van der Waals surface area (Å²) in [5, 5.41) is 3.25. The van der Waals surface area contributed by atoms with E-state index < -0.39 is 0 Å². The van der Waals surface area contributed by atoms with Gasteiger partial charge in [-0.3, -0.25) is 4.57 Å². The molecule has 6 heteroatoms. The standard InChI is InChI=1S/C15H14N6/c1-2-16-13-9-20-8-7-17-14(20)15(19-13)21-10-18-11-5-3-4-6-12(11)21/h3-10,16H,2H2,1H3. The van der Waals surface area contributed by atoms with Crippen molar-refractivity contribution in [1.82, 2.24) is 23.9 Å². The number of nitrogens with zero attached hydrogens (tertiary/aromatic N) is 5. The van der Waals surface area contributed by atoms with Crippen LogP contribution in [-0.4, -0.2) is 30.5 Å². The number of para-hydroxylation sites is 2. The van der Waals surface area contributed by atoms with E-state index in [-0.39, 0.29) is 0 Å². The number of aromatic nitrogens is 5. The summed E-state index contributed by atoms with van der Waals surface area (Å²) in [5.74, 6) is 1.59. The van der Waals surface area contributed by atoms with E-state index in [9.17, 15) is 0 Å². The fourth-order valence-corrected chi connectivity index (χ4v) is 2.47. The fourth-order valence-electron chi connectivity index (χ4n) is 2.47. The second-order valence-electron chi connectivity index (χ2n) is 4.74. The number of fused-ring (bicyclic) bond motifs is 2. The molecule has 104 valence electrons. The molecule has 1 N–H and O–H groups in total. The minimum absolute atomic E-state index is 0.771. The van der Waals surface area contributed by atoms with Gasteiger partial charge in [-0.05, 0) is 19.1 Å². The molecule has 0 amide bonds. The van der Waals surface area contributed by atoms with Crippen molar-refractivity contribution >= 4 is 22.5 Å². The van der Waals surface area contributed by atoms with Crippen LogP contribution in [0.3, 0.4) is 0 Å². The molecule has 0 saturated carbocycles. The number of rotatable bonds is 3. The van der Waals surface area contributed by atoms with E-state index in [2.05, 4.69) is 20.3 Å². The molecular formula is C15H14N6.